The first-order chi connectivity index (χ1) is 47.3. The Morgan fingerprint density at radius 3 is 1.14 bits per heavy atom. The Morgan fingerprint density at radius 2 is 0.750 bits per heavy atom. The Bertz CT molecular complexity index is 3660. The van der Waals surface area contributed by atoms with Crippen LogP contribution < -0.4 is 88.0 Å². The number of amides is 9. The number of carboxylic acid groups (broad SMARTS) is 1. The Morgan fingerprint density at radius 1 is 0.420 bits per heavy atom. The van der Waals surface area contributed by atoms with E-state index in [1.807, 2.05) is 30.3 Å². The van der Waals surface area contributed by atoms with E-state index in [9.17, 15) is 53.1 Å². The largest absolute Gasteiger partial charge is 0.480 e. The van der Waals surface area contributed by atoms with Crippen molar-refractivity contribution < 1.29 is 53.1 Å². The van der Waals surface area contributed by atoms with E-state index in [1.54, 1.807) is 86.0 Å². The summed E-state index contributed by atoms with van der Waals surface area (Å²) in [5.74, 6) is -11.6. The minimum Gasteiger partial charge on any atom is -0.480 e. The molecule has 10 atom stereocenters. The maximum absolute atomic E-state index is 15.0. The predicted octanol–water partition coefficient (Wildman–Crippen LogP) is -2.04. The molecule has 0 saturated heterocycles. The van der Waals surface area contributed by atoms with Crippen molar-refractivity contribution in [3.8, 4) is 0 Å². The fourth-order valence-electron chi connectivity index (χ4n) is 11.0. The summed E-state index contributed by atoms with van der Waals surface area (Å²) in [6, 6.07) is 1.45. The first-order valence-electron chi connectivity index (χ1n) is 33.3. The van der Waals surface area contributed by atoms with Crippen LogP contribution in [0.4, 0.5) is 0 Å². The first-order valence-corrected chi connectivity index (χ1v) is 33.3. The Labute approximate surface area is 579 Å². The lowest BCUT2D eigenvalue weighted by atomic mass is 9.97. The molecule has 0 aliphatic heterocycles. The van der Waals surface area contributed by atoms with Gasteiger partial charge in [-0.25, -0.2) is 9.78 Å². The number of nitrogens with zero attached hydrogens (tertiary/aromatic N) is 4. The van der Waals surface area contributed by atoms with Gasteiger partial charge in [0.15, 0.2) is 17.9 Å². The molecule has 5 rings (SSSR count). The molecule has 0 fully saturated rings. The number of imidazole rings is 1. The van der Waals surface area contributed by atoms with Crippen LogP contribution in [-0.2, 0) is 67.2 Å². The molecule has 5 aromatic rings. The van der Waals surface area contributed by atoms with Crippen LogP contribution in [0.15, 0.2) is 88.4 Å². The third-order valence-corrected chi connectivity index (χ3v) is 16.5. The number of aromatic amines is 3. The van der Waals surface area contributed by atoms with Crippen molar-refractivity contribution in [1.82, 2.24) is 67.8 Å². The van der Waals surface area contributed by atoms with Crippen LogP contribution in [0.1, 0.15) is 111 Å². The molecule has 34 nitrogen and oxygen atoms in total. The van der Waals surface area contributed by atoms with Gasteiger partial charge in [0.25, 0.3) is 0 Å². The summed E-state index contributed by atoms with van der Waals surface area (Å²) < 4.78 is 0. The lowest BCUT2D eigenvalue weighted by molar-refractivity contribution is -0.142. The van der Waals surface area contributed by atoms with Crippen molar-refractivity contribution in [3.05, 3.63) is 90.3 Å². The van der Waals surface area contributed by atoms with Gasteiger partial charge >= 0.3 is 5.97 Å². The standard InChI is InChI=1S/C66H101N23O11/c1-33(2)50(89-62(98)53(36(7)8)87-58(94)49(28-39-31-74-32-80-39)85-60(96)51(34(3)4)88-61(97)52(35(5)6)86-54(90)42(67)26-37-29-78-43-18-11-9-16-40(37)43)59(95)84-48(27-38-30-79-44-19-12-10-17-41(38)44)57(93)82-45(20-13-23-75-64(68)69)55(91)81-46(21-14-24-76-65(70)71)56(92)83-47(63(99)100)22-15-25-77-66(72)73/h9-12,16-19,29-36,42,45-53,78-79H,13-15,20-28,67H2,1-8H3,(H,74,80)(H,81,91)(H,82,93)(H,83,92)(H,84,95)(H,85,96)(H,86,90)(H,87,94)(H,88,97)(H,89,98)(H,99,100)(H4,68,69,75)(H4,70,71,76)(H4,72,73,77)/t42-,45-,46-,47-,48-,49-,50-,51-,52-,53-/m0/s1. The molecule has 0 unspecified atom stereocenters. The minimum atomic E-state index is -1.48. The summed E-state index contributed by atoms with van der Waals surface area (Å²) in [5, 5.41) is 36.1. The van der Waals surface area contributed by atoms with Crippen LogP contribution in [0.25, 0.3) is 21.8 Å². The van der Waals surface area contributed by atoms with Gasteiger partial charge in [-0.1, -0.05) is 91.8 Å². The molecule has 3 heterocycles. The third-order valence-electron chi connectivity index (χ3n) is 16.5. The highest BCUT2D eigenvalue weighted by Crippen LogP contribution is 2.22. The van der Waals surface area contributed by atoms with E-state index in [4.69, 9.17) is 40.1 Å². The zero-order valence-corrected chi connectivity index (χ0v) is 57.9. The van der Waals surface area contributed by atoms with E-state index in [2.05, 4.69) is 82.8 Å². The normalized spacial score (nSPS) is 14.4. The van der Waals surface area contributed by atoms with Gasteiger partial charge in [-0.3, -0.25) is 58.1 Å². The quantitative estimate of drug-likeness (QED) is 0.0114. The van der Waals surface area contributed by atoms with Gasteiger partial charge in [0.2, 0.25) is 53.2 Å². The van der Waals surface area contributed by atoms with Gasteiger partial charge in [-0.2, -0.15) is 0 Å². The van der Waals surface area contributed by atoms with E-state index in [1.165, 1.54) is 12.5 Å². The molecule has 0 aliphatic carbocycles. The number of nitrogens with two attached hydrogens (primary N) is 7. The zero-order valence-electron chi connectivity index (χ0n) is 57.9. The van der Waals surface area contributed by atoms with Crippen LogP contribution >= 0.6 is 0 Å². The second-order valence-electron chi connectivity index (χ2n) is 25.9. The van der Waals surface area contributed by atoms with Gasteiger partial charge in [0, 0.05) is 78.6 Å². The first kappa shape index (κ1) is 79.9. The molecule has 0 bridgehead atoms. The topological polar surface area (TPSA) is 579 Å². The number of aliphatic carboxylic acids is 1. The average molecular weight is 1390 g/mol. The van der Waals surface area contributed by atoms with E-state index in [0.717, 1.165) is 16.5 Å². The van der Waals surface area contributed by atoms with E-state index in [0.29, 0.717) is 22.2 Å². The van der Waals surface area contributed by atoms with Crippen molar-refractivity contribution in [2.75, 3.05) is 19.6 Å². The highest BCUT2D eigenvalue weighted by atomic mass is 16.4. The summed E-state index contributed by atoms with van der Waals surface area (Å²) in [6.07, 6.45) is 6.14. The van der Waals surface area contributed by atoms with Crippen molar-refractivity contribution in [2.24, 2.45) is 78.8 Å². The van der Waals surface area contributed by atoms with Crippen LogP contribution in [0, 0.1) is 23.7 Å². The Hall–Kier alpha value is -10.8. The number of carbonyl (C=O) groups is 10. The number of H-pyrrole nitrogens is 3. The van der Waals surface area contributed by atoms with E-state index < -0.39 is 143 Å². The van der Waals surface area contributed by atoms with Crippen molar-refractivity contribution >= 4 is 98.8 Å². The van der Waals surface area contributed by atoms with Crippen LogP contribution in [0.5, 0.6) is 0 Å². The molecule has 0 aliphatic rings. The number of hydrogen-bond donors (Lipinski definition) is 20. The molecule has 100 heavy (non-hydrogen) atoms. The molecule has 0 spiro atoms. The number of aromatic nitrogens is 4. The van der Waals surface area contributed by atoms with Crippen LogP contribution in [-0.4, -0.2) is 182 Å². The number of nitrogens with one attached hydrogen (secondary N) is 12. The molecule has 2 aromatic carbocycles. The fourth-order valence-corrected chi connectivity index (χ4v) is 11.0. The number of rotatable bonds is 41. The number of benzene rings is 2. The summed E-state index contributed by atoms with van der Waals surface area (Å²) in [4.78, 5) is 167. The summed E-state index contributed by atoms with van der Waals surface area (Å²) in [7, 11) is 0. The van der Waals surface area contributed by atoms with Gasteiger partial charge in [0.1, 0.15) is 54.4 Å². The molecule has 9 amide bonds. The smallest absolute Gasteiger partial charge is 0.326 e. The zero-order chi connectivity index (χ0) is 73.9. The summed E-state index contributed by atoms with van der Waals surface area (Å²) in [6.45, 7) is 13.5. The molecular weight excluding hydrogens is 1290 g/mol. The van der Waals surface area contributed by atoms with Gasteiger partial charge in [-0.15, -0.1) is 0 Å². The number of hydrogen-bond acceptors (Lipinski definition) is 15. The predicted molar refractivity (Wildman–Crippen MR) is 378 cm³/mol. The number of guanidine groups is 3. The molecule has 0 saturated carbocycles. The number of aliphatic imine (C=N–C) groups is 3. The maximum atomic E-state index is 15.0. The Kier molecular flexibility index (Phi) is 31.1. The fraction of sp³-hybridized carbons (Fsp3) is 0.515. The number of fused-ring (bicyclic) bond motifs is 2. The highest BCUT2D eigenvalue weighted by Gasteiger charge is 2.38. The van der Waals surface area contributed by atoms with Gasteiger partial charge < -0.3 is 108 Å². The van der Waals surface area contributed by atoms with Gasteiger partial charge in [-0.05, 0) is 91.9 Å². The molecule has 3 aromatic heterocycles. The Balaban J connectivity index is 1.38. The van der Waals surface area contributed by atoms with Crippen LogP contribution in [0.2, 0.25) is 0 Å². The number of carbonyl (C=O) groups excluding carboxylic acids is 9. The lowest BCUT2D eigenvalue weighted by Crippen LogP contribution is -2.62. The van der Waals surface area contributed by atoms with Crippen LogP contribution in [0.3, 0.4) is 0 Å². The van der Waals surface area contributed by atoms with Crippen molar-refractivity contribution in [2.45, 2.75) is 174 Å². The number of para-hydroxylation sites is 2. The SMILES string of the molecule is CC(C)[C@H](NC(=O)[C@H](Cc1cnc[nH]1)NC(=O)[C@@H](NC(=O)[C@@H](NC(=O)[C@@H](N)Cc1c[nH]c2ccccc12)C(C)C)C(C)C)C(=O)N[C@H](C(=O)N[C@@H](Cc1c[nH]c2ccccc12)C(=O)N[C@@H](CCCN=C(N)N)C(=O)N[C@@H](CCCN=C(N)N)C(=O)N[C@@H](CCCN=C(N)N)C(=O)O)C(C)C. The van der Waals surface area contributed by atoms with Crippen molar-refractivity contribution in [3.63, 3.8) is 0 Å². The monoisotopic (exact) mass is 1390 g/mol. The second kappa shape index (κ2) is 39.0. The molecule has 0 radical (unpaired) electrons. The maximum Gasteiger partial charge on any atom is 0.326 e. The molecule has 34 heteroatoms. The molecule has 546 valence electrons. The van der Waals surface area contributed by atoms with E-state index >= 15 is 0 Å². The second-order valence-corrected chi connectivity index (χ2v) is 25.9. The average Bonchev–Trinajstić information content (AvgIpc) is 1.63. The minimum absolute atomic E-state index is 0.000892. The summed E-state index contributed by atoms with van der Waals surface area (Å²) >= 11 is 0. The highest BCUT2D eigenvalue weighted by molar-refractivity contribution is 5.99. The van der Waals surface area contributed by atoms with Crippen molar-refractivity contribution in [1.29, 1.82) is 0 Å². The third kappa shape index (κ3) is 24.9. The van der Waals surface area contributed by atoms with Gasteiger partial charge in [0.05, 0.1) is 12.4 Å². The lowest BCUT2D eigenvalue weighted by Gasteiger charge is -2.31. The van der Waals surface area contributed by atoms with E-state index in [-0.39, 0.29) is 95.3 Å². The summed E-state index contributed by atoms with van der Waals surface area (Å²) in [5.41, 5.74) is 42.9. The molecule has 27 N–H and O–H groups in total. The molecular formula is C66H101N23O11. The number of carboxylic acids is 1.